The fraction of sp³-hybridized carbons (Fsp3) is 0.500. The summed E-state index contributed by atoms with van der Waals surface area (Å²) in [5, 5.41) is 0. The van der Waals surface area contributed by atoms with Crippen LogP contribution in [0.15, 0.2) is 6.08 Å². The van der Waals surface area contributed by atoms with Crippen LogP contribution in [-0.4, -0.2) is 0 Å². The SMILES string of the molecule is [CH2][CH][C]=CC(C)(C)C. The van der Waals surface area contributed by atoms with Crippen LogP contribution >= 0.6 is 0 Å². The van der Waals surface area contributed by atoms with Gasteiger partial charge in [-0.15, -0.1) is 0 Å². The lowest BCUT2D eigenvalue weighted by Gasteiger charge is -2.09. The normalized spacial score (nSPS) is 13.0. The Hall–Kier alpha value is -0.260. The molecule has 0 atom stereocenters. The van der Waals surface area contributed by atoms with E-state index in [4.69, 9.17) is 0 Å². The molecule has 0 bridgehead atoms. The summed E-state index contributed by atoms with van der Waals surface area (Å²) in [5.41, 5.74) is 0.244. The molecule has 0 amide bonds. The van der Waals surface area contributed by atoms with E-state index in [0.717, 1.165) is 0 Å². The molecule has 0 aromatic carbocycles. The minimum atomic E-state index is 0.244. The van der Waals surface area contributed by atoms with Crippen LogP contribution in [0.1, 0.15) is 20.8 Å². The molecule has 45 valence electrons. The summed E-state index contributed by atoms with van der Waals surface area (Å²) >= 11 is 0. The zero-order chi connectivity index (χ0) is 6.62. The van der Waals surface area contributed by atoms with E-state index in [0.29, 0.717) is 0 Å². The van der Waals surface area contributed by atoms with Gasteiger partial charge in [-0.05, 0) is 24.8 Å². The van der Waals surface area contributed by atoms with Crippen molar-refractivity contribution in [1.82, 2.24) is 0 Å². The molecule has 0 spiro atoms. The zero-order valence-electron chi connectivity index (χ0n) is 5.86. The number of hydrogen-bond donors (Lipinski definition) is 0. The standard InChI is InChI=1S/C8H13/c1-5-6-7-8(2,3)4/h5,7H,1H2,2-4H3. The molecule has 0 heterocycles. The van der Waals surface area contributed by atoms with E-state index in [1.165, 1.54) is 0 Å². The molecule has 0 heteroatoms. The second-order valence-corrected chi connectivity index (χ2v) is 2.88. The molecule has 0 saturated carbocycles. The van der Waals surface area contributed by atoms with Crippen LogP contribution in [0.4, 0.5) is 0 Å². The molecule has 0 aliphatic heterocycles. The number of allylic oxidation sites excluding steroid dienone is 2. The molecule has 0 aromatic heterocycles. The summed E-state index contributed by atoms with van der Waals surface area (Å²) in [6.45, 7) is 9.91. The maximum atomic E-state index is 3.52. The smallest absolute Gasteiger partial charge is 0.00931 e. The van der Waals surface area contributed by atoms with Crippen LogP contribution in [0.25, 0.3) is 0 Å². The Kier molecular flexibility index (Phi) is 2.81. The summed E-state index contributed by atoms with van der Waals surface area (Å²) in [7, 11) is 0. The van der Waals surface area contributed by atoms with Crippen molar-refractivity contribution in [3.8, 4) is 0 Å². The van der Waals surface area contributed by atoms with Crippen LogP contribution in [0.5, 0.6) is 0 Å². The lowest BCUT2D eigenvalue weighted by atomic mass is 9.96. The molecule has 8 heavy (non-hydrogen) atoms. The molecule has 0 N–H and O–H groups in total. The third-order valence-electron chi connectivity index (χ3n) is 0.634. The van der Waals surface area contributed by atoms with Gasteiger partial charge in [-0.25, -0.2) is 0 Å². The highest BCUT2D eigenvalue weighted by Crippen LogP contribution is 2.13. The second kappa shape index (κ2) is 2.91. The first-order valence-corrected chi connectivity index (χ1v) is 2.77. The summed E-state index contributed by atoms with van der Waals surface area (Å²) in [4.78, 5) is 0. The monoisotopic (exact) mass is 109 g/mol. The lowest BCUT2D eigenvalue weighted by molar-refractivity contribution is 0.542. The van der Waals surface area contributed by atoms with Crippen molar-refractivity contribution in [3.05, 3.63) is 25.5 Å². The van der Waals surface area contributed by atoms with E-state index in [-0.39, 0.29) is 5.41 Å². The Morgan fingerprint density at radius 1 is 1.38 bits per heavy atom. The molecular weight excluding hydrogens is 96.1 g/mol. The highest BCUT2D eigenvalue weighted by atomic mass is 14.1. The maximum Gasteiger partial charge on any atom is -0.00931 e. The fourth-order valence-electron chi connectivity index (χ4n) is 0.309. The van der Waals surface area contributed by atoms with Gasteiger partial charge in [0.1, 0.15) is 0 Å². The van der Waals surface area contributed by atoms with Gasteiger partial charge >= 0.3 is 0 Å². The van der Waals surface area contributed by atoms with Gasteiger partial charge in [0.2, 0.25) is 0 Å². The van der Waals surface area contributed by atoms with Crippen LogP contribution in [0.2, 0.25) is 0 Å². The average Bonchev–Trinajstić information content (AvgIpc) is 1.59. The second-order valence-electron chi connectivity index (χ2n) is 2.88. The van der Waals surface area contributed by atoms with Crippen molar-refractivity contribution >= 4 is 0 Å². The van der Waals surface area contributed by atoms with Crippen molar-refractivity contribution in [1.29, 1.82) is 0 Å². The first-order chi connectivity index (χ1) is 3.56. The minimum absolute atomic E-state index is 0.244. The Morgan fingerprint density at radius 2 is 1.88 bits per heavy atom. The molecule has 0 saturated heterocycles. The Balaban J connectivity index is 3.52. The molecule has 0 aliphatic rings. The van der Waals surface area contributed by atoms with E-state index in [1.54, 1.807) is 6.42 Å². The molecule has 0 rings (SSSR count). The highest BCUT2D eigenvalue weighted by Gasteiger charge is 2.01. The Morgan fingerprint density at radius 3 is 2.00 bits per heavy atom. The van der Waals surface area contributed by atoms with Crippen molar-refractivity contribution in [2.45, 2.75) is 20.8 Å². The first-order valence-electron chi connectivity index (χ1n) is 2.77. The Labute approximate surface area is 52.6 Å². The minimum Gasteiger partial charge on any atom is -0.0753 e. The van der Waals surface area contributed by atoms with Gasteiger partial charge in [-0.1, -0.05) is 26.8 Å². The van der Waals surface area contributed by atoms with Gasteiger partial charge in [-0.2, -0.15) is 0 Å². The summed E-state index contributed by atoms with van der Waals surface area (Å²) in [6, 6.07) is 0. The quantitative estimate of drug-likeness (QED) is 0.485. The highest BCUT2D eigenvalue weighted by molar-refractivity contribution is 4.94. The molecule has 0 fully saturated rings. The van der Waals surface area contributed by atoms with E-state index in [1.807, 2.05) is 6.08 Å². The summed E-state index contributed by atoms with van der Waals surface area (Å²) in [5.74, 6) is 0. The number of rotatable bonds is 1. The zero-order valence-corrected chi connectivity index (χ0v) is 5.86. The lowest BCUT2D eigenvalue weighted by Crippen LogP contribution is -1.98. The molecule has 3 radical (unpaired) electrons. The van der Waals surface area contributed by atoms with Crippen molar-refractivity contribution < 1.29 is 0 Å². The van der Waals surface area contributed by atoms with E-state index in [2.05, 4.69) is 33.8 Å². The van der Waals surface area contributed by atoms with Gasteiger partial charge in [0.15, 0.2) is 0 Å². The predicted molar refractivity (Wildman–Crippen MR) is 36.9 cm³/mol. The largest absolute Gasteiger partial charge is 0.0753 e. The van der Waals surface area contributed by atoms with E-state index >= 15 is 0 Å². The van der Waals surface area contributed by atoms with E-state index in [9.17, 15) is 0 Å². The van der Waals surface area contributed by atoms with Gasteiger partial charge in [0.05, 0.1) is 0 Å². The molecule has 0 aromatic rings. The van der Waals surface area contributed by atoms with Crippen molar-refractivity contribution in [3.63, 3.8) is 0 Å². The molecular formula is C8H13. The predicted octanol–water partition coefficient (Wildman–Crippen LogP) is 2.43. The summed E-state index contributed by atoms with van der Waals surface area (Å²) < 4.78 is 0. The first kappa shape index (κ1) is 7.74. The topological polar surface area (TPSA) is 0 Å². The average molecular weight is 109 g/mol. The van der Waals surface area contributed by atoms with Gasteiger partial charge in [-0.3, -0.25) is 0 Å². The van der Waals surface area contributed by atoms with Crippen molar-refractivity contribution in [2.75, 3.05) is 0 Å². The third kappa shape index (κ3) is 5.74. The van der Waals surface area contributed by atoms with Gasteiger partial charge in [0, 0.05) is 0 Å². The van der Waals surface area contributed by atoms with Gasteiger partial charge < -0.3 is 0 Å². The Bertz CT molecular complexity index is 72.5. The maximum absolute atomic E-state index is 3.52. The van der Waals surface area contributed by atoms with Crippen LogP contribution in [-0.2, 0) is 0 Å². The molecule has 0 nitrogen and oxygen atoms in total. The number of hydrogen-bond acceptors (Lipinski definition) is 0. The molecule has 0 unspecified atom stereocenters. The van der Waals surface area contributed by atoms with E-state index < -0.39 is 0 Å². The van der Waals surface area contributed by atoms with Crippen LogP contribution in [0, 0.1) is 24.8 Å². The van der Waals surface area contributed by atoms with Crippen LogP contribution < -0.4 is 0 Å². The van der Waals surface area contributed by atoms with Crippen molar-refractivity contribution in [2.24, 2.45) is 5.41 Å². The summed E-state index contributed by atoms with van der Waals surface area (Å²) in [6.07, 6.45) is 6.60. The third-order valence-corrected chi connectivity index (χ3v) is 0.634. The van der Waals surface area contributed by atoms with Crippen LogP contribution in [0.3, 0.4) is 0 Å². The molecule has 0 aliphatic carbocycles. The fourth-order valence-corrected chi connectivity index (χ4v) is 0.309. The van der Waals surface area contributed by atoms with Gasteiger partial charge in [0.25, 0.3) is 0 Å².